The first kappa shape index (κ1) is 20.3. The number of nitrogens with zero attached hydrogens (tertiary/aromatic N) is 6. The van der Waals surface area contributed by atoms with Gasteiger partial charge in [0.15, 0.2) is 5.96 Å². The van der Waals surface area contributed by atoms with Gasteiger partial charge in [-0.15, -0.1) is 0 Å². The van der Waals surface area contributed by atoms with Crippen LogP contribution < -0.4 is 10.2 Å². The van der Waals surface area contributed by atoms with Gasteiger partial charge in [-0.05, 0) is 38.8 Å². The van der Waals surface area contributed by atoms with E-state index in [0.717, 1.165) is 69.1 Å². The van der Waals surface area contributed by atoms with E-state index in [0.29, 0.717) is 5.92 Å². The number of aryl methyl sites for hydroxylation is 1. The van der Waals surface area contributed by atoms with Crippen LogP contribution in [0.5, 0.6) is 0 Å². The van der Waals surface area contributed by atoms with Crippen molar-refractivity contribution in [3.63, 3.8) is 0 Å². The fourth-order valence-electron chi connectivity index (χ4n) is 3.86. The van der Waals surface area contributed by atoms with Crippen LogP contribution in [0.2, 0.25) is 0 Å². The second-order valence-electron chi connectivity index (χ2n) is 7.42. The van der Waals surface area contributed by atoms with E-state index in [1.165, 1.54) is 37.5 Å². The number of nitrogens with one attached hydrogen (secondary N) is 1. The first-order valence-corrected chi connectivity index (χ1v) is 11.3. The van der Waals surface area contributed by atoms with E-state index in [4.69, 9.17) is 4.99 Å². The third kappa shape index (κ3) is 5.54. The van der Waals surface area contributed by atoms with Crippen LogP contribution in [0.1, 0.15) is 39.4 Å². The van der Waals surface area contributed by atoms with Crippen molar-refractivity contribution < 1.29 is 0 Å². The minimum atomic E-state index is 0.697. The Morgan fingerprint density at radius 1 is 1.19 bits per heavy atom. The largest absolute Gasteiger partial charge is 0.357 e. The average molecular weight is 394 g/mol. The Bertz CT molecular complexity index is 595. The monoisotopic (exact) mass is 393 g/mol. The van der Waals surface area contributed by atoms with Crippen LogP contribution in [0.3, 0.4) is 0 Å². The van der Waals surface area contributed by atoms with Crippen LogP contribution >= 0.6 is 11.5 Å². The standard InChI is InChI=1S/C19H35N7S/c1-4-17-22-19(27-23-17)26-12-10-25(11-13-26)18(20-5-2)21-14-16-8-7-9-24(6-3)15-16/h16H,4-15H2,1-3H3,(H,20,21). The van der Waals surface area contributed by atoms with Crippen molar-refractivity contribution in [2.75, 3.05) is 63.8 Å². The molecule has 2 fully saturated rings. The fourth-order valence-corrected chi connectivity index (χ4v) is 4.66. The first-order valence-electron chi connectivity index (χ1n) is 10.6. The molecule has 0 aromatic carbocycles. The van der Waals surface area contributed by atoms with Crippen LogP contribution in [0, 0.1) is 5.92 Å². The zero-order valence-corrected chi connectivity index (χ0v) is 18.0. The maximum atomic E-state index is 5.01. The maximum Gasteiger partial charge on any atom is 0.205 e. The van der Waals surface area contributed by atoms with Gasteiger partial charge in [0.2, 0.25) is 5.13 Å². The van der Waals surface area contributed by atoms with E-state index in [9.17, 15) is 0 Å². The molecule has 1 atom stereocenters. The minimum Gasteiger partial charge on any atom is -0.357 e. The number of hydrogen-bond donors (Lipinski definition) is 1. The molecule has 1 N–H and O–H groups in total. The van der Waals surface area contributed by atoms with Gasteiger partial charge in [-0.25, -0.2) is 4.98 Å². The first-order chi connectivity index (χ1) is 13.2. The van der Waals surface area contributed by atoms with Gasteiger partial charge in [0.25, 0.3) is 0 Å². The normalized spacial score (nSPS) is 22.3. The topological polar surface area (TPSA) is 59.9 Å². The lowest BCUT2D eigenvalue weighted by Crippen LogP contribution is -2.52. The van der Waals surface area contributed by atoms with Crippen molar-refractivity contribution in [3.8, 4) is 0 Å². The average Bonchev–Trinajstić information content (AvgIpc) is 3.21. The van der Waals surface area contributed by atoms with E-state index in [1.807, 2.05) is 0 Å². The van der Waals surface area contributed by atoms with E-state index >= 15 is 0 Å². The molecule has 152 valence electrons. The van der Waals surface area contributed by atoms with Crippen LogP contribution in [0.15, 0.2) is 4.99 Å². The Labute approximate surface area is 168 Å². The molecule has 2 aliphatic rings. The highest BCUT2D eigenvalue weighted by Crippen LogP contribution is 2.20. The van der Waals surface area contributed by atoms with Gasteiger partial charge in [0, 0.05) is 63.8 Å². The molecule has 0 saturated carbocycles. The van der Waals surface area contributed by atoms with Crippen molar-refractivity contribution in [2.45, 2.75) is 40.0 Å². The Balaban J connectivity index is 1.54. The molecule has 0 radical (unpaired) electrons. The van der Waals surface area contributed by atoms with Crippen molar-refractivity contribution >= 4 is 22.6 Å². The van der Waals surface area contributed by atoms with Gasteiger partial charge in [0.1, 0.15) is 5.82 Å². The molecule has 7 nitrogen and oxygen atoms in total. The second-order valence-corrected chi connectivity index (χ2v) is 8.15. The summed E-state index contributed by atoms with van der Waals surface area (Å²) in [6.45, 7) is 15.9. The number of aromatic nitrogens is 2. The molecule has 3 rings (SSSR count). The third-order valence-electron chi connectivity index (χ3n) is 5.51. The Kier molecular flexibility index (Phi) is 7.70. The Morgan fingerprint density at radius 3 is 2.67 bits per heavy atom. The number of guanidine groups is 1. The van der Waals surface area contributed by atoms with E-state index < -0.39 is 0 Å². The second kappa shape index (κ2) is 10.2. The summed E-state index contributed by atoms with van der Waals surface area (Å²) in [7, 11) is 0. The number of anilines is 1. The molecule has 1 aromatic rings. The van der Waals surface area contributed by atoms with Crippen molar-refractivity contribution in [2.24, 2.45) is 10.9 Å². The molecular weight excluding hydrogens is 358 g/mol. The van der Waals surface area contributed by atoms with Gasteiger partial charge in [-0.3, -0.25) is 4.99 Å². The summed E-state index contributed by atoms with van der Waals surface area (Å²) < 4.78 is 4.42. The maximum absolute atomic E-state index is 5.01. The molecule has 0 amide bonds. The fraction of sp³-hybridized carbons (Fsp3) is 0.842. The van der Waals surface area contributed by atoms with Gasteiger partial charge >= 0.3 is 0 Å². The molecule has 2 saturated heterocycles. The lowest BCUT2D eigenvalue weighted by Gasteiger charge is -2.36. The molecule has 8 heteroatoms. The predicted molar refractivity (Wildman–Crippen MR) is 114 cm³/mol. The molecule has 27 heavy (non-hydrogen) atoms. The van der Waals surface area contributed by atoms with Gasteiger partial charge in [-0.1, -0.05) is 13.8 Å². The summed E-state index contributed by atoms with van der Waals surface area (Å²) in [6.07, 6.45) is 3.53. The number of piperidine rings is 1. The predicted octanol–water partition coefficient (Wildman–Crippen LogP) is 1.92. The molecule has 3 heterocycles. The zero-order valence-electron chi connectivity index (χ0n) is 17.2. The van der Waals surface area contributed by atoms with E-state index in [1.54, 1.807) is 0 Å². The molecule has 0 aliphatic carbocycles. The number of hydrogen-bond acceptors (Lipinski definition) is 6. The third-order valence-corrected chi connectivity index (χ3v) is 6.32. The summed E-state index contributed by atoms with van der Waals surface area (Å²) >= 11 is 1.53. The quantitative estimate of drug-likeness (QED) is 0.589. The van der Waals surface area contributed by atoms with Crippen molar-refractivity contribution in [1.29, 1.82) is 0 Å². The number of piperazine rings is 1. The number of aliphatic imine (C=N–C) groups is 1. The lowest BCUT2D eigenvalue weighted by atomic mass is 9.98. The van der Waals surface area contributed by atoms with E-state index in [2.05, 4.69) is 50.1 Å². The summed E-state index contributed by atoms with van der Waals surface area (Å²) in [5.41, 5.74) is 0. The summed E-state index contributed by atoms with van der Waals surface area (Å²) in [4.78, 5) is 17.0. The van der Waals surface area contributed by atoms with Crippen LogP contribution in [-0.2, 0) is 6.42 Å². The summed E-state index contributed by atoms with van der Waals surface area (Å²) in [6, 6.07) is 0. The van der Waals surface area contributed by atoms with Gasteiger partial charge in [0.05, 0.1) is 0 Å². The van der Waals surface area contributed by atoms with Crippen LogP contribution in [-0.4, -0.2) is 84.0 Å². The summed E-state index contributed by atoms with van der Waals surface area (Å²) in [5, 5.41) is 4.57. The SMILES string of the molecule is CCNC(=NCC1CCCN(CC)C1)N1CCN(c2nc(CC)ns2)CC1. The number of likely N-dealkylation sites (tertiary alicyclic amines) is 1. The molecule has 2 aliphatic heterocycles. The van der Waals surface area contributed by atoms with Crippen molar-refractivity contribution in [3.05, 3.63) is 5.82 Å². The molecule has 0 bridgehead atoms. The Morgan fingerprint density at radius 2 is 2.00 bits per heavy atom. The number of rotatable bonds is 6. The van der Waals surface area contributed by atoms with Gasteiger partial charge < -0.3 is 20.0 Å². The Hall–Kier alpha value is -1.41. The van der Waals surface area contributed by atoms with Crippen LogP contribution in [0.4, 0.5) is 5.13 Å². The molecule has 1 aromatic heterocycles. The molecular formula is C19H35N7S. The lowest BCUT2D eigenvalue weighted by molar-refractivity contribution is 0.186. The smallest absolute Gasteiger partial charge is 0.205 e. The molecule has 1 unspecified atom stereocenters. The summed E-state index contributed by atoms with van der Waals surface area (Å²) in [5.74, 6) is 2.74. The zero-order chi connectivity index (χ0) is 19.1. The highest BCUT2D eigenvalue weighted by atomic mass is 32.1. The van der Waals surface area contributed by atoms with Crippen LogP contribution in [0.25, 0.3) is 0 Å². The minimum absolute atomic E-state index is 0.697. The highest BCUT2D eigenvalue weighted by Gasteiger charge is 2.23. The van der Waals surface area contributed by atoms with E-state index in [-0.39, 0.29) is 0 Å². The molecule has 0 spiro atoms. The van der Waals surface area contributed by atoms with Gasteiger partial charge in [-0.2, -0.15) is 4.37 Å². The highest BCUT2D eigenvalue weighted by molar-refractivity contribution is 7.09. The van der Waals surface area contributed by atoms with Crippen molar-refractivity contribution in [1.82, 2.24) is 24.5 Å².